The van der Waals surface area contributed by atoms with Crippen LogP contribution in [0.5, 0.6) is 0 Å². The summed E-state index contributed by atoms with van der Waals surface area (Å²) in [5.41, 5.74) is 0.993. The molecule has 2 rings (SSSR count). The summed E-state index contributed by atoms with van der Waals surface area (Å²) in [7, 11) is 0. The number of carbonyl (C=O) groups excluding carboxylic acids is 1. The van der Waals surface area contributed by atoms with Crippen LogP contribution < -0.4 is 10.2 Å². The molecule has 0 aromatic heterocycles. The highest BCUT2D eigenvalue weighted by Gasteiger charge is 2.25. The molecule has 3 nitrogen and oxygen atoms in total. The van der Waals surface area contributed by atoms with Crippen molar-refractivity contribution in [2.75, 3.05) is 18.0 Å². The molecule has 1 aromatic rings. The van der Waals surface area contributed by atoms with Crippen LogP contribution in [0.1, 0.15) is 26.2 Å². The number of amides is 1. The predicted octanol–water partition coefficient (Wildman–Crippen LogP) is 2.18. The Labute approximate surface area is 103 Å². The molecule has 1 aliphatic heterocycles. The van der Waals surface area contributed by atoms with Gasteiger partial charge in [0.2, 0.25) is 5.91 Å². The van der Waals surface area contributed by atoms with Gasteiger partial charge in [-0.1, -0.05) is 24.6 Å². The molecular weight excluding hydrogens is 212 g/mol. The van der Waals surface area contributed by atoms with Crippen LogP contribution in [-0.2, 0) is 4.79 Å². The average molecular weight is 232 g/mol. The van der Waals surface area contributed by atoms with Crippen molar-refractivity contribution in [1.29, 1.82) is 0 Å². The van der Waals surface area contributed by atoms with Crippen molar-refractivity contribution in [3.63, 3.8) is 0 Å². The summed E-state index contributed by atoms with van der Waals surface area (Å²) in [6.45, 7) is 3.71. The fourth-order valence-corrected chi connectivity index (χ4v) is 2.32. The van der Waals surface area contributed by atoms with E-state index in [4.69, 9.17) is 0 Å². The number of hydrogen-bond donors (Lipinski definition) is 1. The molecule has 1 heterocycles. The Morgan fingerprint density at radius 1 is 1.35 bits per heavy atom. The topological polar surface area (TPSA) is 32.3 Å². The van der Waals surface area contributed by atoms with E-state index in [1.54, 1.807) is 0 Å². The third kappa shape index (κ3) is 2.86. The quantitative estimate of drug-likeness (QED) is 0.866. The van der Waals surface area contributed by atoms with E-state index in [1.165, 1.54) is 6.42 Å². The number of benzene rings is 1. The Balaban J connectivity index is 2.10. The van der Waals surface area contributed by atoms with E-state index in [1.807, 2.05) is 42.2 Å². The monoisotopic (exact) mass is 232 g/mol. The van der Waals surface area contributed by atoms with Crippen molar-refractivity contribution in [2.45, 2.75) is 32.2 Å². The molecule has 1 atom stereocenters. The molecule has 0 radical (unpaired) electrons. The van der Waals surface area contributed by atoms with E-state index in [0.29, 0.717) is 0 Å². The van der Waals surface area contributed by atoms with Crippen molar-refractivity contribution >= 4 is 11.6 Å². The SMILES string of the molecule is CCN(C(=O)[C@H]1CCCCN1)c1ccccc1. The Bertz CT molecular complexity index is 358. The molecule has 0 bridgehead atoms. The molecule has 1 saturated heterocycles. The molecule has 0 unspecified atom stereocenters. The zero-order valence-electron chi connectivity index (χ0n) is 10.4. The van der Waals surface area contributed by atoms with E-state index < -0.39 is 0 Å². The highest BCUT2D eigenvalue weighted by molar-refractivity contribution is 5.97. The van der Waals surface area contributed by atoms with Crippen LogP contribution >= 0.6 is 0 Å². The number of nitrogens with zero attached hydrogens (tertiary/aromatic N) is 1. The molecule has 1 amide bonds. The Morgan fingerprint density at radius 2 is 2.12 bits per heavy atom. The van der Waals surface area contributed by atoms with Gasteiger partial charge in [0, 0.05) is 12.2 Å². The molecule has 3 heteroatoms. The van der Waals surface area contributed by atoms with Crippen LogP contribution in [0, 0.1) is 0 Å². The maximum atomic E-state index is 12.4. The average Bonchev–Trinajstić information content (AvgIpc) is 2.42. The normalized spacial score (nSPS) is 19.9. The van der Waals surface area contributed by atoms with E-state index in [9.17, 15) is 4.79 Å². The standard InChI is InChI=1S/C14H20N2O/c1-2-16(12-8-4-3-5-9-12)14(17)13-10-6-7-11-15-13/h3-5,8-9,13,15H,2,6-7,10-11H2,1H3/t13-/m1/s1. The highest BCUT2D eigenvalue weighted by atomic mass is 16.2. The third-order valence-electron chi connectivity index (χ3n) is 3.26. The number of hydrogen-bond acceptors (Lipinski definition) is 2. The smallest absolute Gasteiger partial charge is 0.244 e. The summed E-state index contributed by atoms with van der Waals surface area (Å²) in [5.74, 6) is 0.207. The van der Waals surface area contributed by atoms with Gasteiger partial charge in [0.1, 0.15) is 0 Å². The summed E-state index contributed by atoms with van der Waals surface area (Å²) in [6, 6.07) is 9.90. The minimum atomic E-state index is 0.00362. The van der Waals surface area contributed by atoms with Crippen LogP contribution in [0.25, 0.3) is 0 Å². The van der Waals surface area contributed by atoms with Gasteiger partial charge in [-0.25, -0.2) is 0 Å². The second-order valence-electron chi connectivity index (χ2n) is 4.42. The fraction of sp³-hybridized carbons (Fsp3) is 0.500. The number of nitrogens with one attached hydrogen (secondary N) is 1. The van der Waals surface area contributed by atoms with Gasteiger partial charge in [-0.3, -0.25) is 4.79 Å². The summed E-state index contributed by atoms with van der Waals surface area (Å²) >= 11 is 0. The van der Waals surface area contributed by atoms with Gasteiger partial charge in [-0.15, -0.1) is 0 Å². The predicted molar refractivity (Wildman–Crippen MR) is 70.1 cm³/mol. The van der Waals surface area contributed by atoms with Crippen LogP contribution in [-0.4, -0.2) is 25.0 Å². The molecule has 1 N–H and O–H groups in total. The maximum Gasteiger partial charge on any atom is 0.244 e. The minimum Gasteiger partial charge on any atom is -0.311 e. The van der Waals surface area contributed by atoms with Gasteiger partial charge in [-0.2, -0.15) is 0 Å². The van der Waals surface area contributed by atoms with Crippen molar-refractivity contribution in [3.05, 3.63) is 30.3 Å². The first kappa shape index (κ1) is 12.1. The van der Waals surface area contributed by atoms with Crippen LogP contribution in [0.2, 0.25) is 0 Å². The van der Waals surface area contributed by atoms with Gasteiger partial charge < -0.3 is 10.2 Å². The van der Waals surface area contributed by atoms with E-state index in [-0.39, 0.29) is 11.9 Å². The third-order valence-corrected chi connectivity index (χ3v) is 3.26. The molecule has 0 aliphatic carbocycles. The first-order valence-electron chi connectivity index (χ1n) is 6.42. The van der Waals surface area contributed by atoms with Gasteiger partial charge in [0.15, 0.2) is 0 Å². The lowest BCUT2D eigenvalue weighted by Crippen LogP contribution is -2.48. The van der Waals surface area contributed by atoms with E-state index in [2.05, 4.69) is 5.32 Å². The lowest BCUT2D eigenvalue weighted by Gasteiger charge is -2.29. The lowest BCUT2D eigenvalue weighted by molar-refractivity contribution is -0.121. The zero-order valence-corrected chi connectivity index (χ0v) is 10.4. The summed E-state index contributed by atoms with van der Waals surface area (Å²) in [4.78, 5) is 14.3. The largest absolute Gasteiger partial charge is 0.311 e. The van der Waals surface area contributed by atoms with Crippen LogP contribution in [0.3, 0.4) is 0 Å². The molecule has 0 spiro atoms. The zero-order chi connectivity index (χ0) is 12.1. The fourth-order valence-electron chi connectivity index (χ4n) is 2.32. The molecule has 1 aliphatic rings. The molecule has 92 valence electrons. The van der Waals surface area contributed by atoms with Crippen molar-refractivity contribution in [2.24, 2.45) is 0 Å². The van der Waals surface area contributed by atoms with Crippen LogP contribution in [0.15, 0.2) is 30.3 Å². The minimum absolute atomic E-state index is 0.00362. The number of para-hydroxylation sites is 1. The van der Waals surface area contributed by atoms with Gasteiger partial charge in [-0.05, 0) is 38.4 Å². The molecule has 17 heavy (non-hydrogen) atoms. The van der Waals surface area contributed by atoms with Crippen molar-refractivity contribution in [1.82, 2.24) is 5.32 Å². The number of likely N-dealkylation sites (N-methyl/N-ethyl adjacent to an activating group) is 1. The first-order valence-corrected chi connectivity index (χ1v) is 6.42. The second-order valence-corrected chi connectivity index (χ2v) is 4.42. The Hall–Kier alpha value is -1.35. The summed E-state index contributed by atoms with van der Waals surface area (Å²) in [5, 5.41) is 3.31. The molecule has 1 fully saturated rings. The van der Waals surface area contributed by atoms with Gasteiger partial charge >= 0.3 is 0 Å². The van der Waals surface area contributed by atoms with E-state index in [0.717, 1.165) is 31.6 Å². The van der Waals surface area contributed by atoms with Gasteiger partial charge in [0.05, 0.1) is 6.04 Å². The number of piperidine rings is 1. The number of carbonyl (C=O) groups is 1. The summed E-state index contributed by atoms with van der Waals surface area (Å²) < 4.78 is 0. The molecule has 1 aromatic carbocycles. The van der Waals surface area contributed by atoms with Crippen molar-refractivity contribution in [3.8, 4) is 0 Å². The van der Waals surface area contributed by atoms with Crippen LogP contribution in [0.4, 0.5) is 5.69 Å². The highest BCUT2D eigenvalue weighted by Crippen LogP contribution is 2.17. The van der Waals surface area contributed by atoms with E-state index >= 15 is 0 Å². The number of rotatable bonds is 3. The maximum absolute atomic E-state index is 12.4. The summed E-state index contributed by atoms with van der Waals surface area (Å²) in [6.07, 6.45) is 3.29. The molecule has 0 saturated carbocycles. The number of anilines is 1. The molecular formula is C14H20N2O. The van der Waals surface area contributed by atoms with Crippen molar-refractivity contribution < 1.29 is 4.79 Å². The Kier molecular flexibility index (Phi) is 4.15. The Morgan fingerprint density at radius 3 is 2.71 bits per heavy atom. The first-order chi connectivity index (χ1) is 8.33. The lowest BCUT2D eigenvalue weighted by atomic mass is 10.0. The van der Waals surface area contributed by atoms with Gasteiger partial charge in [0.25, 0.3) is 0 Å². The second kappa shape index (κ2) is 5.82.